The molecule has 1 fully saturated rings. The van der Waals surface area contributed by atoms with E-state index in [9.17, 15) is 4.79 Å². The molecule has 1 amide bonds. The number of rotatable bonds is 8. The minimum atomic E-state index is -0.208. The van der Waals surface area contributed by atoms with Gasteiger partial charge >= 0.3 is 0 Å². The predicted octanol–water partition coefficient (Wildman–Crippen LogP) is 5.27. The highest BCUT2D eigenvalue weighted by molar-refractivity contribution is 6.33. The molecule has 1 aliphatic carbocycles. The van der Waals surface area contributed by atoms with Crippen LogP contribution in [0.3, 0.4) is 0 Å². The second-order valence-corrected chi connectivity index (χ2v) is 10.7. The smallest absolute Gasteiger partial charge is 0.236 e. The van der Waals surface area contributed by atoms with Gasteiger partial charge in [-0.3, -0.25) is 4.79 Å². The molecule has 0 unspecified atom stereocenters. The summed E-state index contributed by atoms with van der Waals surface area (Å²) in [5.74, 6) is 2.26. The van der Waals surface area contributed by atoms with Crippen molar-refractivity contribution in [1.29, 1.82) is 0 Å². The zero-order chi connectivity index (χ0) is 26.9. The number of aromatic nitrogens is 1. The van der Waals surface area contributed by atoms with Crippen molar-refractivity contribution in [3.05, 3.63) is 63.1 Å². The zero-order valence-electron chi connectivity index (χ0n) is 21.5. The van der Waals surface area contributed by atoms with E-state index in [-0.39, 0.29) is 18.1 Å². The van der Waals surface area contributed by atoms with Crippen LogP contribution in [0.5, 0.6) is 23.3 Å². The van der Waals surface area contributed by atoms with Crippen LogP contribution in [-0.4, -0.2) is 43.8 Å². The average Bonchev–Trinajstić information content (AvgIpc) is 3.55. The first-order valence-electron chi connectivity index (χ1n) is 13.1. The number of methoxy groups -OCH3 is 1. The fourth-order valence-corrected chi connectivity index (χ4v) is 5.96. The molecule has 0 spiro atoms. The number of nitrogens with one attached hydrogen (secondary N) is 2. The molecule has 6 rings (SSSR count). The summed E-state index contributed by atoms with van der Waals surface area (Å²) < 4.78 is 23.4. The van der Waals surface area contributed by atoms with Gasteiger partial charge in [0.05, 0.1) is 12.1 Å². The fourth-order valence-electron chi connectivity index (χ4n) is 5.49. The minimum absolute atomic E-state index is 0.0978. The second kappa shape index (κ2) is 11.1. The Morgan fingerprint density at radius 2 is 1.85 bits per heavy atom. The van der Waals surface area contributed by atoms with Gasteiger partial charge in [0, 0.05) is 42.7 Å². The van der Waals surface area contributed by atoms with Gasteiger partial charge in [-0.2, -0.15) is 4.98 Å². The van der Waals surface area contributed by atoms with Gasteiger partial charge in [0.15, 0.2) is 11.5 Å². The number of benzene rings is 2. The Hall–Kier alpha value is -3.20. The summed E-state index contributed by atoms with van der Waals surface area (Å²) in [7, 11) is 1.58. The van der Waals surface area contributed by atoms with Gasteiger partial charge < -0.3 is 29.6 Å². The Morgan fingerprint density at radius 3 is 2.62 bits per heavy atom. The van der Waals surface area contributed by atoms with Crippen molar-refractivity contribution < 1.29 is 23.7 Å². The Labute approximate surface area is 236 Å². The number of halogens is 2. The predicted molar refractivity (Wildman–Crippen MR) is 148 cm³/mol. The highest BCUT2D eigenvalue weighted by Gasteiger charge is 2.29. The Bertz CT molecular complexity index is 1420. The van der Waals surface area contributed by atoms with Crippen LogP contribution in [-0.2, 0) is 17.8 Å². The first-order chi connectivity index (χ1) is 19.0. The van der Waals surface area contributed by atoms with E-state index in [0.29, 0.717) is 66.0 Å². The van der Waals surface area contributed by atoms with Gasteiger partial charge in [-0.15, -0.1) is 0 Å². The normalized spacial score (nSPS) is 19.5. The number of pyridine rings is 1. The molecular weight excluding hydrogens is 541 g/mol. The summed E-state index contributed by atoms with van der Waals surface area (Å²) in [4.78, 5) is 16.0. The van der Waals surface area contributed by atoms with Crippen LogP contribution in [0.15, 0.2) is 36.4 Å². The number of hydrogen-bond donors (Lipinski definition) is 2. The number of carbonyl (C=O) groups excluding carboxylic acids is 1. The van der Waals surface area contributed by atoms with Crippen molar-refractivity contribution in [3.63, 3.8) is 0 Å². The van der Waals surface area contributed by atoms with Crippen LogP contribution in [0.2, 0.25) is 10.0 Å². The number of hydrogen-bond acceptors (Lipinski definition) is 7. The molecule has 2 N–H and O–H groups in total. The number of nitrogens with zero attached hydrogens (tertiary/aromatic N) is 1. The molecule has 1 aromatic heterocycles. The number of fused-ring (bicyclic) bond motifs is 2. The summed E-state index contributed by atoms with van der Waals surface area (Å²) >= 11 is 13.3. The van der Waals surface area contributed by atoms with Crippen molar-refractivity contribution in [1.82, 2.24) is 15.6 Å². The van der Waals surface area contributed by atoms with Crippen molar-refractivity contribution in [2.75, 3.05) is 26.9 Å². The summed E-state index contributed by atoms with van der Waals surface area (Å²) in [6.07, 6.45) is 2.81. The van der Waals surface area contributed by atoms with Gasteiger partial charge in [0.25, 0.3) is 0 Å². The van der Waals surface area contributed by atoms with Crippen LogP contribution in [0.1, 0.15) is 42.1 Å². The number of carbonyl (C=O) groups is 1. The maximum atomic E-state index is 11.4. The molecule has 3 aliphatic rings. The molecule has 2 aromatic carbocycles. The van der Waals surface area contributed by atoms with E-state index in [2.05, 4.69) is 27.8 Å². The van der Waals surface area contributed by atoms with E-state index in [4.69, 9.17) is 42.1 Å². The third-order valence-electron chi connectivity index (χ3n) is 7.36. The fraction of sp³-hybridized carbons (Fsp3) is 0.379. The molecule has 8 nitrogen and oxygen atoms in total. The van der Waals surface area contributed by atoms with Crippen LogP contribution >= 0.6 is 23.2 Å². The Morgan fingerprint density at radius 1 is 1.03 bits per heavy atom. The van der Waals surface area contributed by atoms with E-state index in [0.717, 1.165) is 41.5 Å². The first-order valence-corrected chi connectivity index (χ1v) is 13.9. The molecule has 0 radical (unpaired) electrons. The largest absolute Gasteiger partial charge is 0.486 e. The Balaban J connectivity index is 1.20. The molecular formula is C29H29Cl2N3O5. The molecule has 3 aromatic rings. The lowest BCUT2D eigenvalue weighted by Crippen LogP contribution is -2.35. The van der Waals surface area contributed by atoms with Crippen molar-refractivity contribution in [2.45, 2.75) is 44.4 Å². The molecule has 0 saturated carbocycles. The quantitative estimate of drug-likeness (QED) is 0.382. The van der Waals surface area contributed by atoms with Crippen molar-refractivity contribution in [3.8, 4) is 34.4 Å². The lowest BCUT2D eigenvalue weighted by Gasteiger charge is -2.21. The van der Waals surface area contributed by atoms with E-state index in [1.807, 2.05) is 24.3 Å². The second-order valence-electron chi connectivity index (χ2n) is 9.87. The summed E-state index contributed by atoms with van der Waals surface area (Å²) in [6.45, 7) is 2.21. The summed E-state index contributed by atoms with van der Waals surface area (Å²) in [5.41, 5.74) is 5.05. The molecule has 2 atom stereocenters. The summed E-state index contributed by atoms with van der Waals surface area (Å²) in [6, 6.07) is 11.9. The van der Waals surface area contributed by atoms with E-state index in [1.54, 1.807) is 7.11 Å². The van der Waals surface area contributed by atoms with Crippen LogP contribution in [0, 0.1) is 0 Å². The lowest BCUT2D eigenvalue weighted by molar-refractivity contribution is -0.119. The van der Waals surface area contributed by atoms with Gasteiger partial charge in [0.1, 0.15) is 24.3 Å². The molecule has 0 bridgehead atoms. The van der Waals surface area contributed by atoms with Gasteiger partial charge in [-0.1, -0.05) is 41.4 Å². The van der Waals surface area contributed by atoms with Crippen LogP contribution < -0.4 is 29.6 Å². The standard InChI is InChI=1S/C29H29Cl2N3O5/c1-36-28-16(14-32-15-17-5-8-27(35)33-17)11-23(31)29(34-28)39-24-7-6-19-18(3-2-4-20(19)24)21-12-25-26(13-22(21)30)38-10-9-37-25/h2-4,11-13,17,24,32H,5-10,14-15H2,1H3,(H,33,35)/t17-,24-/m0/s1. The first kappa shape index (κ1) is 26.0. The van der Waals surface area contributed by atoms with E-state index in [1.165, 1.54) is 5.56 Å². The van der Waals surface area contributed by atoms with Gasteiger partial charge in [0.2, 0.25) is 17.7 Å². The van der Waals surface area contributed by atoms with E-state index < -0.39 is 0 Å². The average molecular weight is 570 g/mol. The SMILES string of the molecule is COc1nc(O[C@H]2CCc3c(-c4cc5c(cc4Cl)OCCO5)cccc32)c(Cl)cc1CNC[C@@H]1CCC(=O)N1. The minimum Gasteiger partial charge on any atom is -0.486 e. The third kappa shape index (κ3) is 5.33. The van der Waals surface area contributed by atoms with Gasteiger partial charge in [-0.25, -0.2) is 0 Å². The van der Waals surface area contributed by atoms with E-state index >= 15 is 0 Å². The third-order valence-corrected chi connectivity index (χ3v) is 7.94. The summed E-state index contributed by atoms with van der Waals surface area (Å²) in [5, 5.41) is 7.34. The molecule has 204 valence electrons. The molecule has 39 heavy (non-hydrogen) atoms. The highest BCUT2D eigenvalue weighted by Crippen LogP contribution is 2.45. The van der Waals surface area contributed by atoms with Crippen molar-refractivity contribution >= 4 is 29.1 Å². The monoisotopic (exact) mass is 569 g/mol. The zero-order valence-corrected chi connectivity index (χ0v) is 23.0. The number of ether oxygens (including phenoxy) is 4. The molecule has 2 aliphatic heterocycles. The Kier molecular flexibility index (Phi) is 7.42. The number of amides is 1. The van der Waals surface area contributed by atoms with Crippen LogP contribution in [0.4, 0.5) is 0 Å². The lowest BCUT2D eigenvalue weighted by atomic mass is 9.96. The maximum Gasteiger partial charge on any atom is 0.236 e. The molecule has 10 heteroatoms. The maximum absolute atomic E-state index is 11.4. The van der Waals surface area contributed by atoms with Crippen molar-refractivity contribution in [2.24, 2.45) is 0 Å². The molecule has 3 heterocycles. The van der Waals surface area contributed by atoms with Crippen LogP contribution in [0.25, 0.3) is 11.1 Å². The highest BCUT2D eigenvalue weighted by atomic mass is 35.5. The topological polar surface area (TPSA) is 90.9 Å². The molecule has 1 saturated heterocycles. The van der Waals surface area contributed by atoms with Gasteiger partial charge in [-0.05, 0) is 48.1 Å².